The highest BCUT2D eigenvalue weighted by atomic mass is 16.4. The van der Waals surface area contributed by atoms with Gasteiger partial charge in [-0.1, -0.05) is 20.8 Å². The minimum absolute atomic E-state index is 0.208. The maximum atomic E-state index is 11.8. The maximum Gasteiger partial charge on any atom is 0.326 e. The molecule has 0 aromatic heterocycles. The van der Waals surface area contributed by atoms with E-state index in [0.717, 1.165) is 19.4 Å². The van der Waals surface area contributed by atoms with E-state index in [9.17, 15) is 9.59 Å². The number of hydrogen-bond acceptors (Lipinski definition) is 3. The van der Waals surface area contributed by atoms with Gasteiger partial charge in [0.1, 0.15) is 6.04 Å². The molecule has 3 N–H and O–H groups in total. The molecule has 1 aliphatic rings. The van der Waals surface area contributed by atoms with Crippen molar-refractivity contribution in [2.75, 3.05) is 6.54 Å². The van der Waals surface area contributed by atoms with Crippen molar-refractivity contribution in [1.29, 1.82) is 0 Å². The highest BCUT2D eigenvalue weighted by molar-refractivity contribution is 5.87. The molecular weight excluding hydrogens is 208 g/mol. The Hall–Kier alpha value is -1.10. The number of amides is 1. The van der Waals surface area contributed by atoms with Crippen LogP contribution in [-0.2, 0) is 9.59 Å². The monoisotopic (exact) mass is 228 g/mol. The third-order valence-electron chi connectivity index (χ3n) is 2.78. The largest absolute Gasteiger partial charge is 0.480 e. The van der Waals surface area contributed by atoms with Crippen LogP contribution in [0, 0.1) is 5.41 Å². The summed E-state index contributed by atoms with van der Waals surface area (Å²) in [6.07, 6.45) is 1.74. The summed E-state index contributed by atoms with van der Waals surface area (Å²) in [5.74, 6) is -1.20. The first kappa shape index (κ1) is 13.0. The van der Waals surface area contributed by atoms with Gasteiger partial charge in [-0.15, -0.1) is 0 Å². The summed E-state index contributed by atoms with van der Waals surface area (Å²) in [6, 6.07) is -1.08. The zero-order chi connectivity index (χ0) is 12.3. The van der Waals surface area contributed by atoms with E-state index in [1.165, 1.54) is 0 Å². The molecule has 0 aliphatic carbocycles. The Kier molecular flexibility index (Phi) is 3.91. The van der Waals surface area contributed by atoms with Crippen LogP contribution in [0.3, 0.4) is 0 Å². The van der Waals surface area contributed by atoms with Crippen molar-refractivity contribution >= 4 is 11.9 Å². The molecule has 0 aromatic rings. The van der Waals surface area contributed by atoms with Gasteiger partial charge < -0.3 is 15.7 Å². The summed E-state index contributed by atoms with van der Waals surface area (Å²) < 4.78 is 0. The molecule has 2 atom stereocenters. The van der Waals surface area contributed by atoms with Crippen LogP contribution in [0.4, 0.5) is 0 Å². The molecule has 1 rings (SSSR count). The Morgan fingerprint density at radius 1 is 1.44 bits per heavy atom. The molecular formula is C11H20N2O3. The van der Waals surface area contributed by atoms with Crippen LogP contribution in [0.1, 0.15) is 33.6 Å². The number of hydrogen-bond donors (Lipinski definition) is 3. The summed E-state index contributed by atoms with van der Waals surface area (Å²) in [5, 5.41) is 14.7. The van der Waals surface area contributed by atoms with Crippen molar-refractivity contribution in [1.82, 2.24) is 10.6 Å². The Bertz CT molecular complexity index is 277. The summed E-state index contributed by atoms with van der Waals surface area (Å²) in [6.45, 7) is 6.22. The fourth-order valence-electron chi connectivity index (χ4n) is 1.80. The Morgan fingerprint density at radius 3 is 2.44 bits per heavy atom. The SMILES string of the molecule is CC(C)(C)C(NC(=O)[C@H]1CCCN1)C(=O)O. The van der Waals surface area contributed by atoms with Gasteiger partial charge in [0.05, 0.1) is 6.04 Å². The second-order valence-corrected chi connectivity index (χ2v) is 5.29. The number of rotatable bonds is 3. The van der Waals surface area contributed by atoms with E-state index in [-0.39, 0.29) is 11.9 Å². The average Bonchev–Trinajstić information content (AvgIpc) is 2.63. The minimum atomic E-state index is -0.987. The topological polar surface area (TPSA) is 78.4 Å². The molecule has 5 heteroatoms. The lowest BCUT2D eigenvalue weighted by molar-refractivity contribution is -0.145. The summed E-state index contributed by atoms with van der Waals surface area (Å²) in [5.41, 5.74) is -0.486. The van der Waals surface area contributed by atoms with E-state index in [1.807, 2.05) is 0 Å². The number of carboxylic acid groups (broad SMARTS) is 1. The highest BCUT2D eigenvalue weighted by Gasteiger charge is 2.34. The molecule has 1 unspecified atom stereocenters. The van der Waals surface area contributed by atoms with Crippen LogP contribution >= 0.6 is 0 Å². The lowest BCUT2D eigenvalue weighted by atomic mass is 9.86. The molecule has 0 radical (unpaired) electrons. The van der Waals surface area contributed by atoms with Gasteiger partial charge in [-0.2, -0.15) is 0 Å². The standard InChI is InChI=1S/C11H20N2O3/c1-11(2,3)8(10(15)16)13-9(14)7-5-4-6-12-7/h7-8,12H,4-6H2,1-3H3,(H,13,14)(H,15,16)/t7-,8?/m1/s1. The van der Waals surface area contributed by atoms with Gasteiger partial charge in [0, 0.05) is 0 Å². The number of aliphatic carboxylic acids is 1. The fourth-order valence-corrected chi connectivity index (χ4v) is 1.80. The Labute approximate surface area is 95.6 Å². The molecule has 1 fully saturated rings. The van der Waals surface area contributed by atoms with Crippen LogP contribution in [0.25, 0.3) is 0 Å². The zero-order valence-corrected chi connectivity index (χ0v) is 10.0. The third kappa shape index (κ3) is 3.20. The Morgan fingerprint density at radius 2 is 2.06 bits per heavy atom. The van der Waals surface area contributed by atoms with E-state index < -0.39 is 17.4 Å². The van der Waals surface area contributed by atoms with Crippen molar-refractivity contribution in [2.24, 2.45) is 5.41 Å². The summed E-state index contributed by atoms with van der Waals surface area (Å²) in [4.78, 5) is 22.8. The highest BCUT2D eigenvalue weighted by Crippen LogP contribution is 2.20. The quantitative estimate of drug-likeness (QED) is 0.651. The predicted molar refractivity (Wildman–Crippen MR) is 60.0 cm³/mol. The lowest BCUT2D eigenvalue weighted by Crippen LogP contribution is -2.53. The lowest BCUT2D eigenvalue weighted by Gasteiger charge is -2.28. The number of carboxylic acids is 1. The van der Waals surface area contributed by atoms with E-state index in [1.54, 1.807) is 20.8 Å². The van der Waals surface area contributed by atoms with Crippen LogP contribution < -0.4 is 10.6 Å². The minimum Gasteiger partial charge on any atom is -0.480 e. The van der Waals surface area contributed by atoms with Crippen LogP contribution in [0.5, 0.6) is 0 Å². The van der Waals surface area contributed by atoms with Gasteiger partial charge in [-0.3, -0.25) is 4.79 Å². The summed E-state index contributed by atoms with van der Waals surface area (Å²) in [7, 11) is 0. The second-order valence-electron chi connectivity index (χ2n) is 5.29. The van der Waals surface area contributed by atoms with Crippen LogP contribution in [-0.4, -0.2) is 35.6 Å². The van der Waals surface area contributed by atoms with Crippen LogP contribution in [0.15, 0.2) is 0 Å². The molecule has 1 heterocycles. The Balaban J connectivity index is 2.61. The number of nitrogens with one attached hydrogen (secondary N) is 2. The van der Waals surface area contributed by atoms with E-state index in [2.05, 4.69) is 10.6 Å². The van der Waals surface area contributed by atoms with Crippen molar-refractivity contribution < 1.29 is 14.7 Å². The first-order valence-electron chi connectivity index (χ1n) is 5.59. The smallest absolute Gasteiger partial charge is 0.326 e. The third-order valence-corrected chi connectivity index (χ3v) is 2.78. The van der Waals surface area contributed by atoms with Crippen molar-refractivity contribution in [3.05, 3.63) is 0 Å². The zero-order valence-electron chi connectivity index (χ0n) is 10.0. The second kappa shape index (κ2) is 4.82. The van der Waals surface area contributed by atoms with Gasteiger partial charge in [-0.25, -0.2) is 4.79 Å². The van der Waals surface area contributed by atoms with Gasteiger partial charge in [-0.05, 0) is 24.8 Å². The number of carbonyl (C=O) groups excluding carboxylic acids is 1. The number of carbonyl (C=O) groups is 2. The molecule has 16 heavy (non-hydrogen) atoms. The molecule has 1 saturated heterocycles. The molecule has 0 bridgehead atoms. The molecule has 0 aromatic carbocycles. The summed E-state index contributed by atoms with van der Waals surface area (Å²) >= 11 is 0. The van der Waals surface area contributed by atoms with Gasteiger partial charge >= 0.3 is 5.97 Å². The molecule has 0 saturated carbocycles. The van der Waals surface area contributed by atoms with E-state index in [4.69, 9.17) is 5.11 Å². The fraction of sp³-hybridized carbons (Fsp3) is 0.818. The van der Waals surface area contributed by atoms with Gasteiger partial charge in [0.15, 0.2) is 0 Å². The average molecular weight is 228 g/mol. The molecule has 1 amide bonds. The van der Waals surface area contributed by atoms with Gasteiger partial charge in [0.25, 0.3) is 0 Å². The first-order chi connectivity index (χ1) is 7.32. The molecule has 5 nitrogen and oxygen atoms in total. The predicted octanol–water partition coefficient (Wildman–Crippen LogP) is 0.354. The first-order valence-corrected chi connectivity index (χ1v) is 5.59. The van der Waals surface area contributed by atoms with Crippen LogP contribution in [0.2, 0.25) is 0 Å². The molecule has 0 spiro atoms. The van der Waals surface area contributed by atoms with Crippen molar-refractivity contribution in [3.8, 4) is 0 Å². The van der Waals surface area contributed by atoms with E-state index >= 15 is 0 Å². The molecule has 1 aliphatic heterocycles. The van der Waals surface area contributed by atoms with Crippen molar-refractivity contribution in [3.63, 3.8) is 0 Å². The van der Waals surface area contributed by atoms with E-state index in [0.29, 0.717) is 0 Å². The normalized spacial score (nSPS) is 22.8. The van der Waals surface area contributed by atoms with Crippen molar-refractivity contribution in [2.45, 2.75) is 45.7 Å². The van der Waals surface area contributed by atoms with Gasteiger partial charge in [0.2, 0.25) is 5.91 Å². The maximum absolute atomic E-state index is 11.8. The molecule has 92 valence electrons.